The molecule has 1 aromatic heterocycles. The van der Waals surface area contributed by atoms with E-state index in [0.717, 1.165) is 16.7 Å². The first kappa shape index (κ1) is 14.2. The molecule has 0 unspecified atom stereocenters. The molecule has 108 valence electrons. The number of benzene rings is 1. The van der Waals surface area contributed by atoms with Crippen LogP contribution in [-0.4, -0.2) is 28.3 Å². The SMILES string of the molecule is CC1(C)OB(c2cccc(-c3ccncn3)c2)OC1(C)C. The van der Waals surface area contributed by atoms with Crippen molar-refractivity contribution in [2.75, 3.05) is 0 Å². The molecule has 0 N–H and O–H groups in total. The third-order valence-electron chi connectivity index (χ3n) is 4.29. The van der Waals surface area contributed by atoms with E-state index in [1.807, 2.05) is 24.3 Å². The lowest BCUT2D eigenvalue weighted by molar-refractivity contribution is 0.00578. The lowest BCUT2D eigenvalue weighted by atomic mass is 9.78. The summed E-state index contributed by atoms with van der Waals surface area (Å²) in [6.07, 6.45) is 3.29. The van der Waals surface area contributed by atoms with Gasteiger partial charge in [0.25, 0.3) is 0 Å². The summed E-state index contributed by atoms with van der Waals surface area (Å²) in [5, 5.41) is 0. The summed E-state index contributed by atoms with van der Waals surface area (Å²) in [6.45, 7) is 8.23. The number of nitrogens with zero attached hydrogens (tertiary/aromatic N) is 2. The van der Waals surface area contributed by atoms with E-state index in [1.54, 1.807) is 12.5 Å². The van der Waals surface area contributed by atoms with Crippen molar-refractivity contribution in [1.82, 2.24) is 9.97 Å². The number of aromatic nitrogens is 2. The Kier molecular flexibility index (Phi) is 3.34. The van der Waals surface area contributed by atoms with Crippen molar-refractivity contribution in [1.29, 1.82) is 0 Å². The summed E-state index contributed by atoms with van der Waals surface area (Å²) in [4.78, 5) is 8.23. The van der Waals surface area contributed by atoms with Gasteiger partial charge in [0.15, 0.2) is 0 Å². The van der Waals surface area contributed by atoms with Crippen LogP contribution in [0.1, 0.15) is 27.7 Å². The van der Waals surface area contributed by atoms with E-state index in [-0.39, 0.29) is 18.3 Å². The fraction of sp³-hybridized carbons (Fsp3) is 0.375. The lowest BCUT2D eigenvalue weighted by Crippen LogP contribution is -2.41. The Labute approximate surface area is 125 Å². The minimum atomic E-state index is -0.350. The van der Waals surface area contributed by atoms with Gasteiger partial charge < -0.3 is 9.31 Å². The molecule has 0 atom stereocenters. The van der Waals surface area contributed by atoms with Crippen LogP contribution in [0.5, 0.6) is 0 Å². The molecule has 2 heterocycles. The molecule has 5 heteroatoms. The second-order valence-corrected chi connectivity index (χ2v) is 6.31. The Morgan fingerprint density at radius 1 is 1.00 bits per heavy atom. The van der Waals surface area contributed by atoms with Crippen LogP contribution in [0.4, 0.5) is 0 Å². The topological polar surface area (TPSA) is 44.2 Å². The third-order valence-corrected chi connectivity index (χ3v) is 4.29. The average Bonchev–Trinajstić information content (AvgIpc) is 2.69. The summed E-state index contributed by atoms with van der Waals surface area (Å²) in [5.41, 5.74) is 2.27. The summed E-state index contributed by atoms with van der Waals surface area (Å²) >= 11 is 0. The third kappa shape index (κ3) is 2.59. The first-order valence-electron chi connectivity index (χ1n) is 7.11. The molecule has 2 aromatic rings. The molecular weight excluding hydrogens is 263 g/mol. The predicted octanol–water partition coefficient (Wildman–Crippen LogP) is 2.44. The van der Waals surface area contributed by atoms with E-state index in [0.29, 0.717) is 0 Å². The molecule has 0 amide bonds. The van der Waals surface area contributed by atoms with Gasteiger partial charge in [-0.05, 0) is 44.8 Å². The fourth-order valence-electron chi connectivity index (χ4n) is 2.29. The molecule has 0 bridgehead atoms. The van der Waals surface area contributed by atoms with Gasteiger partial charge in [0.2, 0.25) is 0 Å². The number of hydrogen-bond donors (Lipinski definition) is 0. The van der Waals surface area contributed by atoms with Crippen LogP contribution in [0.25, 0.3) is 11.3 Å². The summed E-state index contributed by atoms with van der Waals surface area (Å²) in [7, 11) is -0.350. The highest BCUT2D eigenvalue weighted by Gasteiger charge is 2.51. The van der Waals surface area contributed by atoms with Gasteiger partial charge in [0.05, 0.1) is 16.9 Å². The van der Waals surface area contributed by atoms with Gasteiger partial charge in [0, 0.05) is 6.20 Å². The molecule has 1 aliphatic heterocycles. The highest BCUT2D eigenvalue weighted by atomic mass is 16.7. The molecule has 21 heavy (non-hydrogen) atoms. The van der Waals surface area contributed by atoms with Crippen molar-refractivity contribution < 1.29 is 9.31 Å². The molecule has 1 saturated heterocycles. The van der Waals surface area contributed by atoms with E-state index in [2.05, 4.69) is 43.7 Å². The van der Waals surface area contributed by atoms with Gasteiger partial charge in [-0.3, -0.25) is 0 Å². The van der Waals surface area contributed by atoms with Gasteiger partial charge in [-0.15, -0.1) is 0 Å². The normalized spacial score (nSPS) is 19.7. The molecule has 4 nitrogen and oxygen atoms in total. The molecule has 1 aliphatic rings. The van der Waals surface area contributed by atoms with Crippen molar-refractivity contribution in [3.8, 4) is 11.3 Å². The molecule has 3 rings (SSSR count). The minimum absolute atomic E-state index is 0.331. The Bertz CT molecular complexity index is 628. The van der Waals surface area contributed by atoms with Crippen molar-refractivity contribution in [2.45, 2.75) is 38.9 Å². The highest BCUT2D eigenvalue weighted by molar-refractivity contribution is 6.62. The zero-order chi connectivity index (χ0) is 15.1. The maximum Gasteiger partial charge on any atom is 0.494 e. The van der Waals surface area contributed by atoms with Crippen molar-refractivity contribution >= 4 is 12.6 Å². The van der Waals surface area contributed by atoms with Crippen molar-refractivity contribution in [2.24, 2.45) is 0 Å². The standard InChI is InChI=1S/C16H19BN2O2/c1-15(2)16(3,4)21-17(20-15)13-7-5-6-12(10-13)14-8-9-18-11-19-14/h5-11H,1-4H3. The number of rotatable bonds is 2. The van der Waals surface area contributed by atoms with Crippen molar-refractivity contribution in [3.63, 3.8) is 0 Å². The van der Waals surface area contributed by atoms with Crippen LogP contribution in [-0.2, 0) is 9.31 Å². The van der Waals surface area contributed by atoms with E-state index >= 15 is 0 Å². The first-order chi connectivity index (χ1) is 9.89. The van der Waals surface area contributed by atoms with Crippen LogP contribution >= 0.6 is 0 Å². The second-order valence-electron chi connectivity index (χ2n) is 6.31. The van der Waals surface area contributed by atoms with Gasteiger partial charge in [-0.1, -0.05) is 24.3 Å². The van der Waals surface area contributed by atoms with Crippen LogP contribution < -0.4 is 5.46 Å². The summed E-state index contributed by atoms with van der Waals surface area (Å²) < 4.78 is 12.2. The smallest absolute Gasteiger partial charge is 0.399 e. The second kappa shape index (κ2) is 4.93. The van der Waals surface area contributed by atoms with Gasteiger partial charge in [0.1, 0.15) is 6.33 Å². The van der Waals surface area contributed by atoms with Crippen LogP contribution in [0.2, 0.25) is 0 Å². The van der Waals surface area contributed by atoms with Gasteiger partial charge in [-0.2, -0.15) is 0 Å². The van der Waals surface area contributed by atoms with E-state index in [1.165, 1.54) is 0 Å². The molecule has 0 radical (unpaired) electrons. The first-order valence-corrected chi connectivity index (χ1v) is 7.11. The average molecular weight is 282 g/mol. The van der Waals surface area contributed by atoms with E-state index in [4.69, 9.17) is 9.31 Å². The quantitative estimate of drug-likeness (QED) is 0.794. The molecular formula is C16H19BN2O2. The van der Waals surface area contributed by atoms with Gasteiger partial charge >= 0.3 is 7.12 Å². The molecule has 0 saturated carbocycles. The fourth-order valence-corrected chi connectivity index (χ4v) is 2.29. The Morgan fingerprint density at radius 2 is 1.71 bits per heavy atom. The maximum atomic E-state index is 6.09. The molecule has 0 spiro atoms. The highest BCUT2D eigenvalue weighted by Crippen LogP contribution is 2.36. The van der Waals surface area contributed by atoms with E-state index < -0.39 is 0 Å². The zero-order valence-electron chi connectivity index (χ0n) is 12.8. The van der Waals surface area contributed by atoms with Gasteiger partial charge in [-0.25, -0.2) is 9.97 Å². The Hall–Kier alpha value is -1.72. The Balaban J connectivity index is 1.92. The van der Waals surface area contributed by atoms with Crippen LogP contribution in [0, 0.1) is 0 Å². The van der Waals surface area contributed by atoms with E-state index in [9.17, 15) is 0 Å². The van der Waals surface area contributed by atoms with Crippen molar-refractivity contribution in [3.05, 3.63) is 42.9 Å². The lowest BCUT2D eigenvalue weighted by Gasteiger charge is -2.32. The maximum absolute atomic E-state index is 6.09. The summed E-state index contributed by atoms with van der Waals surface area (Å²) in [5.74, 6) is 0. The number of hydrogen-bond acceptors (Lipinski definition) is 4. The zero-order valence-corrected chi connectivity index (χ0v) is 12.8. The molecule has 0 aliphatic carbocycles. The molecule has 1 aromatic carbocycles. The van der Waals surface area contributed by atoms with Crippen LogP contribution in [0.3, 0.4) is 0 Å². The monoisotopic (exact) mass is 282 g/mol. The minimum Gasteiger partial charge on any atom is -0.399 e. The summed E-state index contributed by atoms with van der Waals surface area (Å²) in [6, 6.07) is 10.00. The Morgan fingerprint density at radius 3 is 2.33 bits per heavy atom. The van der Waals surface area contributed by atoms with Crippen LogP contribution in [0.15, 0.2) is 42.9 Å². The largest absolute Gasteiger partial charge is 0.494 e. The predicted molar refractivity (Wildman–Crippen MR) is 83.2 cm³/mol. The molecule has 1 fully saturated rings.